The molecule has 0 saturated carbocycles. The Morgan fingerprint density at radius 3 is 2.70 bits per heavy atom. The zero-order valence-electron chi connectivity index (χ0n) is 6.48. The van der Waals surface area contributed by atoms with Gasteiger partial charge >= 0.3 is 0 Å². The predicted octanol–water partition coefficient (Wildman–Crippen LogP) is -0.475. The molecule has 0 spiro atoms. The summed E-state index contributed by atoms with van der Waals surface area (Å²) in [5, 5.41) is 6.39. The minimum Gasteiger partial charge on any atom is -0.313 e. The molecule has 0 aromatic rings. The van der Waals surface area contributed by atoms with E-state index in [0.29, 0.717) is 0 Å². The fraction of sp³-hybridized carbons (Fsp3) is 0.857. The molecule has 1 aliphatic heterocycles. The van der Waals surface area contributed by atoms with E-state index in [1.54, 1.807) is 0 Å². The molecule has 3 nitrogen and oxygen atoms in total. The van der Waals surface area contributed by atoms with E-state index in [1.807, 2.05) is 0 Å². The van der Waals surface area contributed by atoms with Gasteiger partial charge in [0.2, 0.25) is 0 Å². The average molecular weight is 142 g/mol. The number of hydrogen-bond donors (Lipinski definition) is 2. The summed E-state index contributed by atoms with van der Waals surface area (Å²) in [6.07, 6.45) is 0.952. The Bertz CT molecular complexity index is 134. The van der Waals surface area contributed by atoms with Crippen molar-refractivity contribution >= 4 is 6.29 Å². The quantitative estimate of drug-likeness (QED) is 0.486. The maximum atomic E-state index is 10.3. The topological polar surface area (TPSA) is 41.1 Å². The van der Waals surface area contributed by atoms with Gasteiger partial charge in [-0.25, -0.2) is 0 Å². The molecular formula is C7H14N2O. The van der Waals surface area contributed by atoms with Crippen molar-refractivity contribution < 1.29 is 4.79 Å². The molecule has 2 N–H and O–H groups in total. The fourth-order valence-electron chi connectivity index (χ4n) is 1.23. The Balaban J connectivity index is 2.47. The highest BCUT2D eigenvalue weighted by atomic mass is 16.1. The van der Waals surface area contributed by atoms with E-state index in [0.717, 1.165) is 19.4 Å². The van der Waals surface area contributed by atoms with Gasteiger partial charge in [0.15, 0.2) is 0 Å². The van der Waals surface area contributed by atoms with Crippen molar-refractivity contribution in [1.29, 1.82) is 0 Å². The minimum atomic E-state index is -0.0104. The van der Waals surface area contributed by atoms with Crippen LogP contribution >= 0.6 is 0 Å². The first-order valence-electron chi connectivity index (χ1n) is 3.58. The highest BCUT2D eigenvalue weighted by molar-refractivity contribution is 5.58. The van der Waals surface area contributed by atoms with Gasteiger partial charge in [-0.05, 0) is 13.8 Å². The minimum absolute atomic E-state index is 0.0104. The standard InChI is InChI=1S/C7H14N2O/c1-7(2)5-8-3-6(4-10)9-7/h4,6,8-9H,3,5H2,1-2H3. The number of carbonyl (C=O) groups is 1. The number of carbonyl (C=O) groups excluding carboxylic acids is 1. The molecule has 0 bridgehead atoms. The van der Waals surface area contributed by atoms with E-state index < -0.39 is 0 Å². The van der Waals surface area contributed by atoms with Crippen molar-refractivity contribution in [2.24, 2.45) is 0 Å². The van der Waals surface area contributed by atoms with E-state index in [4.69, 9.17) is 0 Å². The van der Waals surface area contributed by atoms with Crippen LogP contribution in [-0.4, -0.2) is 31.0 Å². The molecule has 1 rings (SSSR count). The first-order chi connectivity index (χ1) is 4.64. The summed E-state index contributed by atoms with van der Waals surface area (Å²) in [6, 6.07) is -0.0104. The number of nitrogens with one attached hydrogen (secondary N) is 2. The highest BCUT2D eigenvalue weighted by Gasteiger charge is 2.25. The third-order valence-electron chi connectivity index (χ3n) is 1.67. The molecule has 0 radical (unpaired) electrons. The van der Waals surface area contributed by atoms with Gasteiger partial charge in [0.25, 0.3) is 0 Å². The summed E-state index contributed by atoms with van der Waals surface area (Å²) in [5.74, 6) is 0. The molecule has 58 valence electrons. The van der Waals surface area contributed by atoms with Crippen molar-refractivity contribution in [2.75, 3.05) is 13.1 Å². The van der Waals surface area contributed by atoms with E-state index in [9.17, 15) is 4.79 Å². The van der Waals surface area contributed by atoms with E-state index in [2.05, 4.69) is 24.5 Å². The van der Waals surface area contributed by atoms with Crippen LogP contribution in [0.4, 0.5) is 0 Å². The SMILES string of the molecule is CC1(C)CNCC(C=O)N1. The van der Waals surface area contributed by atoms with Gasteiger partial charge in [-0.3, -0.25) is 0 Å². The van der Waals surface area contributed by atoms with Crippen LogP contribution in [0.15, 0.2) is 0 Å². The van der Waals surface area contributed by atoms with Gasteiger partial charge in [-0.15, -0.1) is 0 Å². The zero-order valence-corrected chi connectivity index (χ0v) is 6.48. The van der Waals surface area contributed by atoms with Crippen LogP contribution in [0, 0.1) is 0 Å². The Labute approximate surface area is 61.2 Å². The van der Waals surface area contributed by atoms with Crippen molar-refractivity contribution in [3.05, 3.63) is 0 Å². The van der Waals surface area contributed by atoms with Gasteiger partial charge in [0.1, 0.15) is 6.29 Å². The lowest BCUT2D eigenvalue weighted by atomic mass is 10.0. The predicted molar refractivity (Wildman–Crippen MR) is 39.9 cm³/mol. The number of piperazine rings is 1. The average Bonchev–Trinajstić information content (AvgIpc) is 1.86. The molecule has 0 aromatic heterocycles. The van der Waals surface area contributed by atoms with Gasteiger partial charge in [-0.1, -0.05) is 0 Å². The molecule has 3 heteroatoms. The lowest BCUT2D eigenvalue weighted by Gasteiger charge is -2.35. The Kier molecular flexibility index (Phi) is 2.06. The molecule has 0 aromatic carbocycles. The molecule has 1 heterocycles. The van der Waals surface area contributed by atoms with Crippen molar-refractivity contribution in [1.82, 2.24) is 10.6 Å². The van der Waals surface area contributed by atoms with Gasteiger partial charge in [0.05, 0.1) is 6.04 Å². The Hall–Kier alpha value is -0.410. The highest BCUT2D eigenvalue weighted by Crippen LogP contribution is 2.04. The molecule has 0 aliphatic carbocycles. The van der Waals surface area contributed by atoms with Crippen LogP contribution in [-0.2, 0) is 4.79 Å². The second-order valence-electron chi connectivity index (χ2n) is 3.40. The summed E-state index contributed by atoms with van der Waals surface area (Å²) < 4.78 is 0. The second-order valence-corrected chi connectivity index (χ2v) is 3.40. The van der Waals surface area contributed by atoms with Crippen LogP contribution in [0.5, 0.6) is 0 Å². The summed E-state index contributed by atoms with van der Waals surface area (Å²) in [5.41, 5.74) is 0.0594. The molecule has 0 amide bonds. The summed E-state index contributed by atoms with van der Waals surface area (Å²) in [7, 11) is 0. The van der Waals surface area contributed by atoms with Crippen molar-refractivity contribution in [3.8, 4) is 0 Å². The van der Waals surface area contributed by atoms with Crippen molar-refractivity contribution in [3.63, 3.8) is 0 Å². The first-order valence-corrected chi connectivity index (χ1v) is 3.58. The van der Waals surface area contributed by atoms with Gasteiger partial charge in [-0.2, -0.15) is 0 Å². The summed E-state index contributed by atoms with van der Waals surface area (Å²) >= 11 is 0. The first kappa shape index (κ1) is 7.69. The van der Waals surface area contributed by atoms with E-state index >= 15 is 0 Å². The second kappa shape index (κ2) is 2.68. The van der Waals surface area contributed by atoms with Gasteiger partial charge < -0.3 is 15.4 Å². The maximum Gasteiger partial charge on any atom is 0.138 e. The van der Waals surface area contributed by atoms with Crippen LogP contribution in [0.2, 0.25) is 0 Å². The lowest BCUT2D eigenvalue weighted by Crippen LogP contribution is -2.61. The van der Waals surface area contributed by atoms with Crippen molar-refractivity contribution in [2.45, 2.75) is 25.4 Å². The Morgan fingerprint density at radius 1 is 1.60 bits per heavy atom. The zero-order chi connectivity index (χ0) is 7.61. The number of aldehydes is 1. The summed E-state index contributed by atoms with van der Waals surface area (Å²) in [6.45, 7) is 5.84. The van der Waals surface area contributed by atoms with E-state index in [1.165, 1.54) is 0 Å². The maximum absolute atomic E-state index is 10.3. The third-order valence-corrected chi connectivity index (χ3v) is 1.67. The van der Waals surface area contributed by atoms with Crippen LogP contribution < -0.4 is 10.6 Å². The largest absolute Gasteiger partial charge is 0.313 e. The summed E-state index contributed by atoms with van der Waals surface area (Å²) in [4.78, 5) is 10.3. The number of hydrogen-bond acceptors (Lipinski definition) is 3. The van der Waals surface area contributed by atoms with Crippen LogP contribution in [0.3, 0.4) is 0 Å². The Morgan fingerprint density at radius 2 is 2.30 bits per heavy atom. The monoisotopic (exact) mass is 142 g/mol. The van der Waals surface area contributed by atoms with Crippen LogP contribution in [0.25, 0.3) is 0 Å². The molecule has 1 atom stereocenters. The molecule has 10 heavy (non-hydrogen) atoms. The lowest BCUT2D eigenvalue weighted by molar-refractivity contribution is -0.110. The molecule has 1 fully saturated rings. The third kappa shape index (κ3) is 1.78. The fourth-order valence-corrected chi connectivity index (χ4v) is 1.23. The van der Waals surface area contributed by atoms with E-state index in [-0.39, 0.29) is 11.6 Å². The number of rotatable bonds is 1. The molecule has 1 unspecified atom stereocenters. The normalized spacial score (nSPS) is 31.6. The van der Waals surface area contributed by atoms with Crippen LogP contribution in [0.1, 0.15) is 13.8 Å². The van der Waals surface area contributed by atoms with Gasteiger partial charge in [0, 0.05) is 18.6 Å². The molecule has 1 aliphatic rings. The molecular weight excluding hydrogens is 128 g/mol. The smallest absolute Gasteiger partial charge is 0.138 e. The molecule has 1 saturated heterocycles.